The van der Waals surface area contributed by atoms with Gasteiger partial charge in [-0.3, -0.25) is 9.59 Å². The van der Waals surface area contributed by atoms with Gasteiger partial charge in [0.1, 0.15) is 19.0 Å². The predicted molar refractivity (Wildman–Crippen MR) is 197 cm³/mol. The van der Waals surface area contributed by atoms with Crippen molar-refractivity contribution >= 4 is 49.0 Å². The van der Waals surface area contributed by atoms with E-state index in [2.05, 4.69) is 9.62 Å². The van der Waals surface area contributed by atoms with E-state index in [-0.39, 0.29) is 60.6 Å². The van der Waals surface area contributed by atoms with Crippen LogP contribution >= 0.6 is 11.6 Å². The van der Waals surface area contributed by atoms with Gasteiger partial charge in [-0.1, -0.05) is 36.7 Å². The molecular formula is C37H48ClN3O8S2. The van der Waals surface area contributed by atoms with Crippen LogP contribution in [0.2, 0.25) is 5.02 Å². The Morgan fingerprint density at radius 2 is 1.80 bits per heavy atom. The molecule has 1 aliphatic carbocycles. The Bertz CT molecular complexity index is 1840. The van der Waals surface area contributed by atoms with Gasteiger partial charge in [-0.15, -0.1) is 0 Å². The summed E-state index contributed by atoms with van der Waals surface area (Å²) in [5.74, 6) is -0.0640. The zero-order valence-corrected chi connectivity index (χ0v) is 31.5. The summed E-state index contributed by atoms with van der Waals surface area (Å²) in [6.07, 6.45) is 9.10. The van der Waals surface area contributed by atoms with E-state index in [0.29, 0.717) is 49.7 Å². The molecule has 14 heteroatoms. The maximum Gasteiger partial charge on any atom is 0.264 e. The van der Waals surface area contributed by atoms with Gasteiger partial charge in [0, 0.05) is 36.8 Å². The number of fused-ring (bicyclic) bond motifs is 3. The molecule has 2 amide bonds. The number of nitrogens with one attached hydrogen (secondary N) is 1. The minimum atomic E-state index is -3.98. The number of allylic oxidation sites excluding steroid dienone is 1. The molecule has 278 valence electrons. The third kappa shape index (κ3) is 9.27. The molecule has 2 bridgehead atoms. The summed E-state index contributed by atoms with van der Waals surface area (Å²) in [6.45, 7) is 3.62. The summed E-state index contributed by atoms with van der Waals surface area (Å²) in [5.41, 5.74) is 3.15. The molecule has 6 rings (SSSR count). The van der Waals surface area contributed by atoms with E-state index in [4.69, 9.17) is 21.1 Å². The Labute approximate surface area is 306 Å². The average molecular weight is 762 g/mol. The highest BCUT2D eigenvalue weighted by Crippen LogP contribution is 2.42. The van der Waals surface area contributed by atoms with Gasteiger partial charge >= 0.3 is 0 Å². The second kappa shape index (κ2) is 16.3. The van der Waals surface area contributed by atoms with Gasteiger partial charge < -0.3 is 19.3 Å². The van der Waals surface area contributed by atoms with Crippen molar-refractivity contribution in [2.24, 2.45) is 11.8 Å². The van der Waals surface area contributed by atoms with Gasteiger partial charge in [-0.25, -0.2) is 21.6 Å². The molecule has 2 aromatic carbocycles. The second-order valence-corrected chi connectivity index (χ2v) is 18.8. The molecule has 11 nitrogen and oxygen atoms in total. The summed E-state index contributed by atoms with van der Waals surface area (Å²) in [7, 11) is -7.10. The molecule has 0 unspecified atom stereocenters. The van der Waals surface area contributed by atoms with Crippen molar-refractivity contribution in [3.05, 3.63) is 70.3 Å². The van der Waals surface area contributed by atoms with Gasteiger partial charge in [0.2, 0.25) is 15.9 Å². The van der Waals surface area contributed by atoms with Crippen molar-refractivity contribution in [2.75, 3.05) is 49.2 Å². The molecule has 1 saturated carbocycles. The summed E-state index contributed by atoms with van der Waals surface area (Å²) in [6, 6.07) is 10.9. The van der Waals surface area contributed by atoms with E-state index in [1.807, 2.05) is 30.4 Å². The standard InChI is InChI=1S/C37H48ClN3O8S2/c1-2-31-8-3-4-9-34(49-25-36(42)40-17-19-50(44,45)20-18-40)32-14-11-28(32)23-41-16-6-5-7-26-21-30(38)13-10-29(26)24-48-35-15-12-27(22-33(35)41)37(43)39-51(31,46)47/h4,9-10,12-13,15,21-22,28,31-32,34H,2-3,5-8,11,14,16-20,23-25H2,1H3,(H,39,43)/b9-4+/t28-,31+,32+,34-/m0/s1. The first-order valence-corrected chi connectivity index (χ1v) is 21.8. The van der Waals surface area contributed by atoms with E-state index in [0.717, 1.165) is 48.9 Å². The van der Waals surface area contributed by atoms with Gasteiger partial charge in [0.25, 0.3) is 5.91 Å². The Balaban J connectivity index is 1.30. The molecule has 0 spiro atoms. The van der Waals surface area contributed by atoms with Crippen LogP contribution in [-0.2, 0) is 42.4 Å². The lowest BCUT2D eigenvalue weighted by atomic mass is 9.70. The molecular weight excluding hydrogens is 714 g/mol. The summed E-state index contributed by atoms with van der Waals surface area (Å²) >= 11 is 6.35. The van der Waals surface area contributed by atoms with E-state index in [1.165, 1.54) is 0 Å². The highest BCUT2D eigenvalue weighted by Gasteiger charge is 2.39. The summed E-state index contributed by atoms with van der Waals surface area (Å²) in [4.78, 5) is 30.4. The monoisotopic (exact) mass is 761 g/mol. The number of ether oxygens (including phenoxy) is 2. The van der Waals surface area contributed by atoms with Gasteiger partial charge in [-0.2, -0.15) is 0 Å². The van der Waals surface area contributed by atoms with Crippen LogP contribution in [0.3, 0.4) is 0 Å². The first-order chi connectivity index (χ1) is 24.4. The Kier molecular flexibility index (Phi) is 12.0. The molecule has 1 N–H and O–H groups in total. The number of aryl methyl sites for hydroxylation is 1. The maximum absolute atomic E-state index is 13.5. The quantitative estimate of drug-likeness (QED) is 0.431. The topological polar surface area (TPSA) is 139 Å². The van der Waals surface area contributed by atoms with Gasteiger partial charge in [-0.05, 0) is 105 Å². The fourth-order valence-corrected chi connectivity index (χ4v) is 10.3. The molecule has 51 heavy (non-hydrogen) atoms. The van der Waals surface area contributed by atoms with Crippen molar-refractivity contribution in [3.8, 4) is 5.75 Å². The molecule has 0 aromatic heterocycles. The van der Waals surface area contributed by atoms with E-state index in [1.54, 1.807) is 30.0 Å². The maximum atomic E-state index is 13.5. The lowest BCUT2D eigenvalue weighted by Gasteiger charge is -2.44. The lowest BCUT2D eigenvalue weighted by molar-refractivity contribution is -0.139. The van der Waals surface area contributed by atoms with Gasteiger partial charge in [0.15, 0.2) is 9.84 Å². The number of sulfonamides is 1. The summed E-state index contributed by atoms with van der Waals surface area (Å²) < 4.78 is 65.8. The number of halogens is 1. The van der Waals surface area contributed by atoms with E-state index in [9.17, 15) is 26.4 Å². The number of hydrogen-bond donors (Lipinski definition) is 1. The highest BCUT2D eigenvalue weighted by molar-refractivity contribution is 7.91. The minimum absolute atomic E-state index is 0.0443. The number of carbonyl (C=O) groups is 2. The van der Waals surface area contributed by atoms with Crippen molar-refractivity contribution in [2.45, 2.75) is 76.3 Å². The number of rotatable bonds is 4. The zero-order valence-electron chi connectivity index (χ0n) is 29.1. The van der Waals surface area contributed by atoms with Crippen LogP contribution in [0.4, 0.5) is 5.69 Å². The summed E-state index contributed by atoms with van der Waals surface area (Å²) in [5, 5.41) is -0.0986. The average Bonchev–Trinajstić information content (AvgIpc) is 3.11. The fourth-order valence-electron chi connectivity index (χ4n) is 7.52. The second-order valence-electron chi connectivity index (χ2n) is 14.1. The number of sulfone groups is 1. The largest absolute Gasteiger partial charge is 0.487 e. The first kappa shape index (κ1) is 37.6. The van der Waals surface area contributed by atoms with Crippen LogP contribution < -0.4 is 14.4 Å². The van der Waals surface area contributed by atoms with Crippen LogP contribution in [-0.4, -0.2) is 89.2 Å². The van der Waals surface area contributed by atoms with E-state index < -0.39 is 31.0 Å². The third-order valence-corrected chi connectivity index (χ3v) is 14.6. The van der Waals surface area contributed by atoms with Crippen LogP contribution in [0.5, 0.6) is 5.75 Å². The molecule has 2 aromatic rings. The SMILES string of the molecule is CC[C@@H]1CC/C=C/[C@H](OCC(=O)N2CCS(=O)(=O)CC2)[C@@H]2CC[C@H]2CN2CCCCc3cc(Cl)ccc3COc3ccc(cc32)C(=O)NS1(=O)=O. The van der Waals surface area contributed by atoms with E-state index >= 15 is 0 Å². The fraction of sp³-hybridized carbons (Fsp3) is 0.568. The van der Waals surface area contributed by atoms with Crippen molar-refractivity contribution in [1.29, 1.82) is 0 Å². The van der Waals surface area contributed by atoms with Crippen LogP contribution in [0, 0.1) is 11.8 Å². The van der Waals surface area contributed by atoms with Crippen LogP contribution in [0.1, 0.15) is 73.4 Å². The number of carbonyl (C=O) groups excluding carboxylic acids is 2. The van der Waals surface area contributed by atoms with Crippen molar-refractivity contribution < 1.29 is 35.9 Å². The molecule has 4 atom stereocenters. The molecule has 3 aliphatic heterocycles. The van der Waals surface area contributed by atoms with Gasteiger partial charge in [0.05, 0.1) is 28.5 Å². The number of amides is 2. The Morgan fingerprint density at radius 1 is 1.00 bits per heavy atom. The molecule has 4 aliphatic rings. The number of anilines is 1. The molecule has 3 heterocycles. The molecule has 2 fully saturated rings. The van der Waals surface area contributed by atoms with Crippen LogP contribution in [0.25, 0.3) is 0 Å². The molecule has 1 saturated heterocycles. The number of benzene rings is 2. The minimum Gasteiger partial charge on any atom is -0.487 e. The molecule has 0 radical (unpaired) electrons. The Hall–Kier alpha value is -3.13. The number of hydrogen-bond acceptors (Lipinski definition) is 9. The zero-order chi connectivity index (χ0) is 36.2. The number of nitrogens with zero attached hydrogens (tertiary/aromatic N) is 2. The third-order valence-electron chi connectivity index (χ3n) is 10.8. The first-order valence-electron chi connectivity index (χ1n) is 18.0. The van der Waals surface area contributed by atoms with Crippen molar-refractivity contribution in [1.82, 2.24) is 9.62 Å². The predicted octanol–water partition coefficient (Wildman–Crippen LogP) is 4.92. The van der Waals surface area contributed by atoms with Crippen LogP contribution in [0.15, 0.2) is 48.6 Å². The Morgan fingerprint density at radius 3 is 2.55 bits per heavy atom. The normalized spacial score (nSPS) is 27.3. The highest BCUT2D eigenvalue weighted by atomic mass is 35.5. The lowest BCUT2D eigenvalue weighted by Crippen LogP contribution is -2.47. The smallest absolute Gasteiger partial charge is 0.264 e. The van der Waals surface area contributed by atoms with Crippen molar-refractivity contribution in [3.63, 3.8) is 0 Å².